The van der Waals surface area contributed by atoms with Crippen molar-refractivity contribution in [2.75, 3.05) is 44.2 Å². The summed E-state index contributed by atoms with van der Waals surface area (Å²) >= 11 is 0. The molecule has 0 bridgehead atoms. The predicted molar refractivity (Wildman–Crippen MR) is 146 cm³/mol. The first-order valence-electron chi connectivity index (χ1n) is 13.7. The van der Waals surface area contributed by atoms with E-state index >= 15 is 0 Å². The number of carbonyl (C=O) groups excluding carboxylic acids is 1. The number of anilines is 1. The minimum Gasteiger partial charge on any atom is -0.369 e. The lowest BCUT2D eigenvalue weighted by Gasteiger charge is -2.36. The second kappa shape index (κ2) is 11.4. The van der Waals surface area contributed by atoms with Crippen LogP contribution >= 0.6 is 0 Å². The van der Waals surface area contributed by atoms with Gasteiger partial charge in [-0.1, -0.05) is 61.0 Å². The molecule has 1 amide bonds. The molecule has 4 nitrogen and oxygen atoms in total. The number of benzene rings is 3. The Kier molecular flexibility index (Phi) is 8.05. The van der Waals surface area contributed by atoms with E-state index in [1.165, 1.54) is 12.1 Å². The zero-order valence-electron chi connectivity index (χ0n) is 22.4. The first-order valence-corrected chi connectivity index (χ1v) is 13.7. The molecule has 1 aliphatic carbocycles. The molecule has 1 aliphatic heterocycles. The lowest BCUT2D eigenvalue weighted by molar-refractivity contribution is -0.141. The van der Waals surface area contributed by atoms with Crippen LogP contribution in [0.5, 0.6) is 0 Å². The van der Waals surface area contributed by atoms with Gasteiger partial charge < -0.3 is 10.2 Å². The quantitative estimate of drug-likeness (QED) is 0.242. The van der Waals surface area contributed by atoms with Crippen molar-refractivity contribution in [3.8, 4) is 11.1 Å². The van der Waals surface area contributed by atoms with Crippen molar-refractivity contribution in [1.29, 1.82) is 0 Å². The first-order chi connectivity index (χ1) is 19.5. The highest BCUT2D eigenvalue weighted by atomic mass is 19.4. The van der Waals surface area contributed by atoms with Gasteiger partial charge in [0.15, 0.2) is 0 Å². The van der Waals surface area contributed by atoms with Crippen LogP contribution in [0.1, 0.15) is 36.0 Å². The number of rotatable bonds is 8. The van der Waals surface area contributed by atoms with E-state index in [9.17, 15) is 31.1 Å². The van der Waals surface area contributed by atoms with Gasteiger partial charge in [-0.3, -0.25) is 9.69 Å². The molecule has 1 saturated heterocycles. The number of hydrogen-bond donors (Lipinski definition) is 1. The maximum Gasteiger partial charge on any atom is 0.416 e. The largest absolute Gasteiger partial charge is 0.416 e. The van der Waals surface area contributed by atoms with Crippen LogP contribution in [0.2, 0.25) is 0 Å². The second-order valence-electron chi connectivity index (χ2n) is 10.6. The Morgan fingerprint density at radius 1 is 0.780 bits per heavy atom. The fourth-order valence-corrected chi connectivity index (χ4v) is 6.12. The summed E-state index contributed by atoms with van der Waals surface area (Å²) in [6, 6.07) is 20.1. The fraction of sp³-hybridized carbons (Fsp3) is 0.387. The van der Waals surface area contributed by atoms with Gasteiger partial charge >= 0.3 is 12.4 Å². The number of unbranched alkanes of at least 4 members (excludes halogenated alkanes) is 1. The molecular weight excluding hydrogens is 544 g/mol. The fourth-order valence-electron chi connectivity index (χ4n) is 6.12. The van der Waals surface area contributed by atoms with E-state index in [2.05, 4.69) is 10.2 Å². The van der Waals surface area contributed by atoms with E-state index in [4.69, 9.17) is 0 Å². The number of fused-ring (bicyclic) bond motifs is 3. The SMILES string of the molecule is O=C(NCC(F)(F)F)C1(CCCCN2CCN(c3cccc(C(F)(F)F)c3)CC2)c2ccccc2-c2ccccc21. The van der Waals surface area contributed by atoms with Crippen molar-refractivity contribution in [1.82, 2.24) is 10.2 Å². The number of nitrogens with zero attached hydrogens (tertiary/aromatic N) is 2. The molecule has 1 heterocycles. The van der Waals surface area contributed by atoms with Crippen molar-refractivity contribution in [3.05, 3.63) is 89.5 Å². The molecule has 3 aromatic rings. The summed E-state index contributed by atoms with van der Waals surface area (Å²) in [5, 5.41) is 2.16. The Balaban J connectivity index is 1.24. The highest BCUT2D eigenvalue weighted by Crippen LogP contribution is 2.51. The molecule has 0 aromatic heterocycles. The van der Waals surface area contributed by atoms with Crippen molar-refractivity contribution in [3.63, 3.8) is 0 Å². The van der Waals surface area contributed by atoms with Gasteiger partial charge in [0.05, 0.1) is 5.56 Å². The summed E-state index contributed by atoms with van der Waals surface area (Å²) in [6.45, 7) is 1.87. The molecule has 0 atom stereocenters. The molecule has 2 aliphatic rings. The Morgan fingerprint density at radius 2 is 1.39 bits per heavy atom. The highest BCUT2D eigenvalue weighted by molar-refractivity contribution is 6.00. The molecule has 1 N–H and O–H groups in total. The Morgan fingerprint density at radius 3 is 1.98 bits per heavy atom. The maximum atomic E-state index is 13.6. The van der Waals surface area contributed by atoms with Crippen LogP contribution in [0.3, 0.4) is 0 Å². The summed E-state index contributed by atoms with van der Waals surface area (Å²) in [5.74, 6) is -0.651. The summed E-state index contributed by atoms with van der Waals surface area (Å²) in [5.41, 5.74) is 1.81. The molecular formula is C31H31F6N3O. The van der Waals surface area contributed by atoms with Crippen LogP contribution in [0.15, 0.2) is 72.8 Å². The molecule has 0 spiro atoms. The van der Waals surface area contributed by atoms with E-state index in [1.807, 2.05) is 41.3 Å². The van der Waals surface area contributed by atoms with Crippen LogP contribution in [0.4, 0.5) is 32.0 Å². The van der Waals surface area contributed by atoms with Crippen LogP contribution in [-0.4, -0.2) is 56.3 Å². The predicted octanol–water partition coefficient (Wildman–Crippen LogP) is 6.64. The number of alkyl halides is 6. The van der Waals surface area contributed by atoms with E-state index in [1.54, 1.807) is 18.2 Å². The summed E-state index contributed by atoms with van der Waals surface area (Å²) in [7, 11) is 0. The first kappa shape index (κ1) is 29.0. The van der Waals surface area contributed by atoms with Crippen molar-refractivity contribution in [2.24, 2.45) is 0 Å². The van der Waals surface area contributed by atoms with Gasteiger partial charge in [-0.15, -0.1) is 0 Å². The third kappa shape index (κ3) is 6.07. The normalized spacial score (nSPS) is 16.8. The minimum atomic E-state index is -4.52. The molecule has 41 heavy (non-hydrogen) atoms. The van der Waals surface area contributed by atoms with Crippen molar-refractivity contribution >= 4 is 11.6 Å². The van der Waals surface area contributed by atoms with Crippen molar-refractivity contribution < 1.29 is 31.1 Å². The third-order valence-electron chi connectivity index (χ3n) is 8.09. The van der Waals surface area contributed by atoms with Gasteiger partial charge in [0.2, 0.25) is 5.91 Å². The summed E-state index contributed by atoms with van der Waals surface area (Å²) < 4.78 is 78.5. The van der Waals surface area contributed by atoms with Gasteiger partial charge in [0, 0.05) is 31.9 Å². The number of piperazine rings is 1. The lowest BCUT2D eigenvalue weighted by atomic mass is 9.73. The molecule has 0 unspecified atom stereocenters. The van der Waals surface area contributed by atoms with E-state index in [0.717, 1.165) is 41.3 Å². The Bertz CT molecular complexity index is 1330. The zero-order valence-corrected chi connectivity index (χ0v) is 22.4. The Hall–Kier alpha value is -3.53. The highest BCUT2D eigenvalue weighted by Gasteiger charge is 2.49. The number of nitrogens with one attached hydrogen (secondary N) is 1. The molecule has 1 fully saturated rings. The maximum absolute atomic E-state index is 13.6. The van der Waals surface area contributed by atoms with E-state index in [0.29, 0.717) is 44.7 Å². The van der Waals surface area contributed by atoms with Crippen LogP contribution < -0.4 is 10.2 Å². The van der Waals surface area contributed by atoms with Crippen LogP contribution in [0.25, 0.3) is 11.1 Å². The standard InChI is InChI=1S/C31H31F6N3O/c32-30(33,34)21-38-28(41)29(26-12-3-1-10-24(26)25-11-2-4-13-27(25)29)14-5-6-15-39-16-18-40(19-17-39)23-9-7-8-22(20-23)31(35,36)37/h1-4,7-13,20H,5-6,14-19,21H2,(H,38,41). The number of amides is 1. The summed E-state index contributed by atoms with van der Waals surface area (Å²) in [6.07, 6.45) is -7.23. The van der Waals surface area contributed by atoms with Gasteiger partial charge in [-0.2, -0.15) is 26.3 Å². The second-order valence-corrected chi connectivity index (χ2v) is 10.6. The smallest absolute Gasteiger partial charge is 0.369 e. The molecule has 0 saturated carbocycles. The molecule has 10 heteroatoms. The Labute approximate surface area is 235 Å². The molecule has 0 radical (unpaired) electrons. The monoisotopic (exact) mass is 575 g/mol. The van der Waals surface area contributed by atoms with E-state index in [-0.39, 0.29) is 0 Å². The molecule has 3 aromatic carbocycles. The molecule has 5 rings (SSSR count). The van der Waals surface area contributed by atoms with Gasteiger partial charge in [-0.05, 0) is 59.8 Å². The number of carbonyl (C=O) groups is 1. The number of halogens is 6. The summed E-state index contributed by atoms with van der Waals surface area (Å²) in [4.78, 5) is 17.8. The average molecular weight is 576 g/mol. The zero-order chi connectivity index (χ0) is 29.3. The topological polar surface area (TPSA) is 35.6 Å². The average Bonchev–Trinajstić information content (AvgIpc) is 3.24. The number of hydrogen-bond acceptors (Lipinski definition) is 3. The lowest BCUT2D eigenvalue weighted by Crippen LogP contribution is -2.47. The third-order valence-corrected chi connectivity index (χ3v) is 8.09. The van der Waals surface area contributed by atoms with E-state index < -0.39 is 35.8 Å². The van der Waals surface area contributed by atoms with Gasteiger partial charge in [-0.25, -0.2) is 0 Å². The minimum absolute atomic E-state index is 0.356. The van der Waals surface area contributed by atoms with Gasteiger partial charge in [0.1, 0.15) is 12.0 Å². The van der Waals surface area contributed by atoms with Crippen molar-refractivity contribution in [2.45, 2.75) is 37.0 Å². The van der Waals surface area contributed by atoms with Gasteiger partial charge in [0.25, 0.3) is 0 Å². The van der Waals surface area contributed by atoms with Crippen LogP contribution in [0, 0.1) is 0 Å². The molecule has 218 valence electrons. The van der Waals surface area contributed by atoms with Crippen LogP contribution in [-0.2, 0) is 16.4 Å².